The molecule has 0 saturated heterocycles. The summed E-state index contributed by atoms with van der Waals surface area (Å²) in [6, 6.07) is 0. The van der Waals surface area contributed by atoms with Gasteiger partial charge >= 0.3 is 6.09 Å². The summed E-state index contributed by atoms with van der Waals surface area (Å²) >= 11 is 1.34. The normalized spacial score (nSPS) is 14.6. The minimum absolute atomic E-state index is 0.390. The minimum Gasteiger partial charge on any atom is -0.470 e. The highest BCUT2D eigenvalue weighted by molar-refractivity contribution is 8.13. The lowest BCUT2D eigenvalue weighted by Crippen LogP contribution is -2.27. The average Bonchev–Trinajstić information content (AvgIpc) is 2.49. The van der Waals surface area contributed by atoms with Crippen molar-refractivity contribution in [2.24, 2.45) is 4.99 Å². The quantitative estimate of drug-likeness (QED) is 0.666. The first-order chi connectivity index (χ1) is 6.25. The molecule has 0 aliphatic carbocycles. The first-order valence-electron chi connectivity index (χ1n) is 3.52. The zero-order valence-electron chi connectivity index (χ0n) is 6.48. The number of carbonyl (C=O) groups is 1. The largest absolute Gasteiger partial charge is 0.470 e. The number of nitrogens with one attached hydrogen (secondary N) is 1. The topological polar surface area (TPSA) is 74.8 Å². The van der Waals surface area contributed by atoms with E-state index in [0.29, 0.717) is 16.6 Å². The van der Waals surface area contributed by atoms with Crippen LogP contribution in [0.1, 0.15) is 5.56 Å². The Bertz CT molecular complexity index is 372. The zero-order valence-corrected chi connectivity index (χ0v) is 7.30. The van der Waals surface area contributed by atoms with Crippen LogP contribution < -0.4 is 5.32 Å². The number of rotatable bonds is 0. The number of amidine groups is 1. The van der Waals surface area contributed by atoms with Crippen molar-refractivity contribution in [2.45, 2.75) is 5.75 Å². The van der Waals surface area contributed by atoms with Gasteiger partial charge in [-0.1, -0.05) is 11.8 Å². The molecule has 1 aliphatic heterocycles. The number of hydrogen-bond donors (Lipinski definition) is 2. The average molecular weight is 198 g/mol. The molecule has 0 unspecified atom stereocenters. The molecule has 2 rings (SSSR count). The fourth-order valence-corrected chi connectivity index (χ4v) is 1.80. The smallest absolute Gasteiger partial charge is 0.410 e. The Morgan fingerprint density at radius 1 is 1.69 bits per heavy atom. The fraction of sp³-hybridized carbons (Fsp3) is 0.143. The van der Waals surface area contributed by atoms with Crippen LogP contribution in [-0.2, 0) is 5.75 Å². The lowest BCUT2D eigenvalue weighted by Gasteiger charge is -2.09. The van der Waals surface area contributed by atoms with Crippen molar-refractivity contribution in [3.8, 4) is 0 Å². The van der Waals surface area contributed by atoms with E-state index < -0.39 is 6.09 Å². The maximum Gasteiger partial charge on any atom is 0.410 e. The summed E-state index contributed by atoms with van der Waals surface area (Å²) in [7, 11) is 0. The standard InChI is InChI=1S/C7H6N2O3S/c10-7(11)9-6-8-5-2-12-1-4(5)3-13-6/h1-2H,3H2,(H,8,9)(H,10,11). The van der Waals surface area contributed by atoms with E-state index in [9.17, 15) is 4.79 Å². The van der Waals surface area contributed by atoms with E-state index in [0.717, 1.165) is 5.56 Å². The number of aliphatic imine (C=N–C) groups is 1. The van der Waals surface area contributed by atoms with Crippen LogP contribution in [0.5, 0.6) is 0 Å². The Hall–Kier alpha value is -1.43. The highest BCUT2D eigenvalue weighted by atomic mass is 32.2. The molecule has 0 radical (unpaired) electrons. The zero-order chi connectivity index (χ0) is 9.26. The molecule has 0 saturated carbocycles. The van der Waals surface area contributed by atoms with E-state index in [1.807, 2.05) is 0 Å². The van der Waals surface area contributed by atoms with Crippen molar-refractivity contribution in [1.82, 2.24) is 5.32 Å². The highest BCUT2D eigenvalue weighted by Crippen LogP contribution is 2.30. The number of fused-ring (bicyclic) bond motifs is 1. The molecule has 0 aromatic carbocycles. The lowest BCUT2D eigenvalue weighted by molar-refractivity contribution is 0.200. The van der Waals surface area contributed by atoms with Crippen LogP contribution in [0.3, 0.4) is 0 Å². The van der Waals surface area contributed by atoms with Gasteiger partial charge in [-0.15, -0.1) is 0 Å². The van der Waals surface area contributed by atoms with E-state index >= 15 is 0 Å². The second kappa shape index (κ2) is 3.14. The van der Waals surface area contributed by atoms with Crippen LogP contribution in [0, 0.1) is 0 Å². The van der Waals surface area contributed by atoms with Gasteiger partial charge in [0, 0.05) is 11.3 Å². The van der Waals surface area contributed by atoms with Gasteiger partial charge in [0.2, 0.25) is 0 Å². The highest BCUT2D eigenvalue weighted by Gasteiger charge is 2.15. The molecule has 0 bridgehead atoms. The van der Waals surface area contributed by atoms with Crippen molar-refractivity contribution in [1.29, 1.82) is 0 Å². The van der Waals surface area contributed by atoms with Crippen molar-refractivity contribution in [2.75, 3.05) is 0 Å². The van der Waals surface area contributed by atoms with Crippen LogP contribution >= 0.6 is 11.8 Å². The van der Waals surface area contributed by atoms with E-state index in [1.54, 1.807) is 6.26 Å². The molecule has 0 spiro atoms. The SMILES string of the molecule is O=C(O)NC1=Nc2cocc2CS1. The van der Waals surface area contributed by atoms with Crippen molar-refractivity contribution < 1.29 is 14.3 Å². The number of nitrogens with zero attached hydrogens (tertiary/aromatic N) is 1. The third kappa shape index (κ3) is 1.67. The summed E-state index contributed by atoms with van der Waals surface area (Å²) in [6.45, 7) is 0. The Balaban J connectivity index is 2.22. The Morgan fingerprint density at radius 3 is 3.31 bits per heavy atom. The van der Waals surface area contributed by atoms with Gasteiger partial charge < -0.3 is 9.52 Å². The molecule has 6 heteroatoms. The number of carboxylic acid groups (broad SMARTS) is 1. The lowest BCUT2D eigenvalue weighted by atomic mass is 10.3. The predicted octanol–water partition coefficient (Wildman–Crippen LogP) is 1.78. The summed E-state index contributed by atoms with van der Waals surface area (Å²) in [5.41, 5.74) is 1.68. The van der Waals surface area contributed by atoms with Crippen LogP contribution in [-0.4, -0.2) is 16.4 Å². The third-order valence-electron chi connectivity index (χ3n) is 1.52. The summed E-state index contributed by atoms with van der Waals surface area (Å²) < 4.78 is 4.93. The Labute approximate surface area is 77.8 Å². The van der Waals surface area contributed by atoms with Gasteiger partial charge in [0.1, 0.15) is 12.0 Å². The van der Waals surface area contributed by atoms with Gasteiger partial charge in [0.15, 0.2) is 5.17 Å². The van der Waals surface area contributed by atoms with E-state index in [2.05, 4.69) is 10.3 Å². The molecule has 2 N–H and O–H groups in total. The third-order valence-corrected chi connectivity index (χ3v) is 2.44. The number of thioether (sulfide) groups is 1. The van der Waals surface area contributed by atoms with Gasteiger partial charge in [0.05, 0.1) is 6.26 Å². The molecule has 1 aromatic heterocycles. The van der Waals surface area contributed by atoms with Crippen LogP contribution in [0.15, 0.2) is 21.9 Å². The molecule has 2 heterocycles. The summed E-state index contributed by atoms with van der Waals surface area (Å²) in [5.74, 6) is 0.685. The van der Waals surface area contributed by atoms with Crippen LogP contribution in [0.4, 0.5) is 10.5 Å². The molecule has 0 fully saturated rings. The molecule has 68 valence electrons. The summed E-state index contributed by atoms with van der Waals surface area (Å²) in [6.07, 6.45) is 2.01. The van der Waals surface area contributed by atoms with E-state index in [4.69, 9.17) is 9.52 Å². The maximum absolute atomic E-state index is 10.3. The molecular weight excluding hydrogens is 192 g/mol. The molecular formula is C7H6N2O3S. The van der Waals surface area contributed by atoms with Crippen molar-refractivity contribution >= 4 is 28.7 Å². The second-order valence-corrected chi connectivity index (χ2v) is 3.38. The molecule has 1 aromatic rings. The first-order valence-corrected chi connectivity index (χ1v) is 4.51. The second-order valence-electron chi connectivity index (χ2n) is 2.42. The molecule has 5 nitrogen and oxygen atoms in total. The minimum atomic E-state index is -1.10. The van der Waals surface area contributed by atoms with Gasteiger partial charge in [-0.2, -0.15) is 0 Å². The molecule has 0 atom stereocenters. The maximum atomic E-state index is 10.3. The van der Waals surface area contributed by atoms with Gasteiger partial charge in [-0.25, -0.2) is 9.79 Å². The van der Waals surface area contributed by atoms with E-state index in [1.165, 1.54) is 18.0 Å². The number of hydrogen-bond acceptors (Lipinski definition) is 4. The first kappa shape index (κ1) is 8.18. The number of amides is 1. The molecule has 1 aliphatic rings. The van der Waals surface area contributed by atoms with Crippen molar-refractivity contribution in [3.05, 3.63) is 18.1 Å². The van der Waals surface area contributed by atoms with Gasteiger partial charge in [-0.05, 0) is 0 Å². The Kier molecular flexibility index (Phi) is 1.97. The molecule has 13 heavy (non-hydrogen) atoms. The summed E-state index contributed by atoms with van der Waals surface area (Å²) in [5, 5.41) is 11.0. The summed E-state index contributed by atoms with van der Waals surface area (Å²) in [4.78, 5) is 14.3. The predicted molar refractivity (Wildman–Crippen MR) is 48.3 cm³/mol. The van der Waals surface area contributed by atoms with Gasteiger partial charge in [-0.3, -0.25) is 5.32 Å². The van der Waals surface area contributed by atoms with Crippen LogP contribution in [0.2, 0.25) is 0 Å². The van der Waals surface area contributed by atoms with E-state index in [-0.39, 0.29) is 0 Å². The fourth-order valence-electron chi connectivity index (χ4n) is 0.966. The van der Waals surface area contributed by atoms with Crippen LogP contribution in [0.25, 0.3) is 0 Å². The molecule has 1 amide bonds. The Morgan fingerprint density at radius 2 is 2.54 bits per heavy atom. The van der Waals surface area contributed by atoms with Crippen molar-refractivity contribution in [3.63, 3.8) is 0 Å². The number of furan rings is 1. The monoisotopic (exact) mass is 198 g/mol. The van der Waals surface area contributed by atoms with Gasteiger partial charge in [0.25, 0.3) is 0 Å².